The van der Waals surface area contributed by atoms with Gasteiger partial charge < -0.3 is 10.1 Å². The number of ether oxygens (including phenoxy) is 1. The average Bonchev–Trinajstić information content (AvgIpc) is 3.44. The first-order valence-corrected chi connectivity index (χ1v) is 18.4. The van der Waals surface area contributed by atoms with Crippen LogP contribution in [0.5, 0.6) is 5.06 Å². The van der Waals surface area contributed by atoms with E-state index in [1.54, 1.807) is 0 Å². The highest BCUT2D eigenvalue weighted by molar-refractivity contribution is 7.14. The molecule has 1 aromatic heterocycles. The molecule has 9 rings (SSSR count). The van der Waals surface area contributed by atoms with Crippen molar-refractivity contribution in [2.45, 2.75) is 70.3 Å². The van der Waals surface area contributed by atoms with Crippen LogP contribution in [0.3, 0.4) is 0 Å². The molecule has 0 spiro atoms. The van der Waals surface area contributed by atoms with E-state index in [2.05, 4.69) is 122 Å². The minimum absolute atomic E-state index is 0.128. The van der Waals surface area contributed by atoms with Crippen molar-refractivity contribution >= 4 is 23.0 Å². The summed E-state index contributed by atoms with van der Waals surface area (Å²) in [6, 6.07) is 11.0. The Morgan fingerprint density at radius 3 is 2.68 bits per heavy atom. The SMILES string of the molecule is CC1C=CC2=C(C1)C1=C(Oc3sc4c(c32)C=CCC4C2=CC(c3ccccc3)NC(C3=CCCC=C3)=C2)C(C2=CC=CCC2)=CCC1. The Morgan fingerprint density at radius 2 is 1.83 bits per heavy atom. The van der Waals surface area contributed by atoms with Gasteiger partial charge in [-0.05, 0) is 102 Å². The van der Waals surface area contributed by atoms with Crippen molar-refractivity contribution in [3.63, 3.8) is 0 Å². The van der Waals surface area contributed by atoms with Crippen molar-refractivity contribution in [1.82, 2.24) is 5.32 Å². The molecule has 0 amide bonds. The third kappa shape index (κ3) is 5.16. The first kappa shape index (κ1) is 28.8. The Hall–Kier alpha value is -4.34. The van der Waals surface area contributed by atoms with Crippen LogP contribution in [-0.4, -0.2) is 0 Å². The smallest absolute Gasteiger partial charge is 0.189 e. The summed E-state index contributed by atoms with van der Waals surface area (Å²) in [5.74, 6) is 1.92. The summed E-state index contributed by atoms with van der Waals surface area (Å²) in [5, 5.41) is 4.95. The average molecular weight is 632 g/mol. The summed E-state index contributed by atoms with van der Waals surface area (Å²) in [7, 11) is 0. The van der Waals surface area contributed by atoms with E-state index in [-0.39, 0.29) is 12.0 Å². The highest BCUT2D eigenvalue weighted by Gasteiger charge is 2.37. The fourth-order valence-electron chi connectivity index (χ4n) is 8.31. The lowest BCUT2D eigenvalue weighted by Gasteiger charge is -2.30. The molecule has 2 aliphatic heterocycles. The van der Waals surface area contributed by atoms with Crippen LogP contribution in [0.15, 0.2) is 148 Å². The standard InChI is InChI=1S/C44H41NOS/c1-28-23-24-35-38(25-28)36-21-11-19-33(29-13-5-2-6-14-29)42(36)46-44-41(35)37-22-12-20-34(43(37)47-44)32-26-39(30-15-7-3-8-16-30)45-40(27-32)31-17-9-4-10-18-31/h2-3,5,7-9,12-13,15-19,22-24,26-28,34,39,45H,4,6,10-11,14,20-21,25H2,1H3. The zero-order valence-electron chi connectivity index (χ0n) is 27.1. The molecule has 1 aromatic carbocycles. The Morgan fingerprint density at radius 1 is 0.894 bits per heavy atom. The maximum atomic E-state index is 7.24. The number of rotatable bonds is 4. The predicted molar refractivity (Wildman–Crippen MR) is 197 cm³/mol. The molecule has 0 bridgehead atoms. The third-order valence-corrected chi connectivity index (χ3v) is 11.9. The Bertz CT molecular complexity index is 1990. The monoisotopic (exact) mass is 631 g/mol. The van der Waals surface area contributed by atoms with Crippen LogP contribution in [-0.2, 0) is 0 Å². The molecular formula is C44H41NOS. The van der Waals surface area contributed by atoms with E-state index < -0.39 is 0 Å². The van der Waals surface area contributed by atoms with Crippen LogP contribution >= 0.6 is 11.3 Å². The molecule has 3 heteroatoms. The molecular weight excluding hydrogens is 591 g/mol. The number of nitrogens with one attached hydrogen (secondary N) is 1. The largest absolute Gasteiger partial charge is 0.445 e. The van der Waals surface area contributed by atoms with E-state index in [1.165, 1.54) is 66.3 Å². The summed E-state index contributed by atoms with van der Waals surface area (Å²) in [6.45, 7) is 2.35. The summed E-state index contributed by atoms with van der Waals surface area (Å²) in [6.07, 6.45) is 39.4. The second-order valence-corrected chi connectivity index (χ2v) is 14.8. The molecule has 0 saturated carbocycles. The Kier molecular flexibility index (Phi) is 7.39. The lowest BCUT2D eigenvalue weighted by atomic mass is 9.78. The highest BCUT2D eigenvalue weighted by atomic mass is 32.1. The minimum Gasteiger partial charge on any atom is -0.445 e. The van der Waals surface area contributed by atoms with Gasteiger partial charge in [0.2, 0.25) is 0 Å². The number of benzene rings is 1. The van der Waals surface area contributed by atoms with Crippen LogP contribution < -0.4 is 10.1 Å². The zero-order valence-corrected chi connectivity index (χ0v) is 27.9. The molecule has 234 valence electrons. The van der Waals surface area contributed by atoms with Crippen LogP contribution in [0.25, 0.3) is 11.6 Å². The summed E-state index contributed by atoms with van der Waals surface area (Å²) in [5.41, 5.74) is 15.0. The fourth-order valence-corrected chi connectivity index (χ4v) is 9.61. The van der Waals surface area contributed by atoms with Gasteiger partial charge in [-0.15, -0.1) is 11.3 Å². The van der Waals surface area contributed by atoms with Crippen LogP contribution in [0, 0.1) is 5.92 Å². The van der Waals surface area contributed by atoms with E-state index in [0.717, 1.165) is 62.2 Å². The molecule has 3 heterocycles. The van der Waals surface area contributed by atoms with Crippen molar-refractivity contribution in [2.24, 2.45) is 5.92 Å². The molecule has 0 fully saturated rings. The van der Waals surface area contributed by atoms with E-state index in [9.17, 15) is 0 Å². The second kappa shape index (κ2) is 12.0. The lowest BCUT2D eigenvalue weighted by Crippen LogP contribution is -2.25. The second-order valence-electron chi connectivity index (χ2n) is 13.8. The maximum absolute atomic E-state index is 7.24. The van der Waals surface area contributed by atoms with E-state index in [1.807, 2.05) is 11.3 Å². The van der Waals surface area contributed by atoms with Crippen LogP contribution in [0.1, 0.15) is 91.8 Å². The molecule has 2 aromatic rings. The predicted octanol–water partition coefficient (Wildman–Crippen LogP) is 11.7. The normalized spacial score (nSPS) is 26.0. The molecule has 47 heavy (non-hydrogen) atoms. The topological polar surface area (TPSA) is 21.3 Å². The van der Waals surface area contributed by atoms with Crippen LogP contribution in [0.2, 0.25) is 0 Å². The molecule has 0 radical (unpaired) electrons. The number of allylic oxidation sites excluding steroid dienone is 16. The lowest BCUT2D eigenvalue weighted by molar-refractivity contribution is 0.437. The van der Waals surface area contributed by atoms with Gasteiger partial charge in [0.15, 0.2) is 5.06 Å². The number of fused-ring (bicyclic) bond motifs is 5. The number of hydrogen-bond donors (Lipinski definition) is 1. The molecule has 1 N–H and O–H groups in total. The maximum Gasteiger partial charge on any atom is 0.189 e. The van der Waals surface area contributed by atoms with Crippen molar-refractivity contribution in [2.75, 3.05) is 0 Å². The molecule has 2 nitrogen and oxygen atoms in total. The number of thiophene rings is 1. The Balaban J connectivity index is 1.17. The van der Waals surface area contributed by atoms with Crippen molar-refractivity contribution < 1.29 is 4.74 Å². The van der Waals surface area contributed by atoms with Crippen molar-refractivity contribution in [3.05, 3.63) is 170 Å². The van der Waals surface area contributed by atoms with Gasteiger partial charge in [0.05, 0.1) is 6.04 Å². The van der Waals surface area contributed by atoms with Crippen molar-refractivity contribution in [1.29, 1.82) is 0 Å². The summed E-state index contributed by atoms with van der Waals surface area (Å²) < 4.78 is 7.24. The first-order valence-electron chi connectivity index (χ1n) is 17.6. The van der Waals surface area contributed by atoms with E-state index in [0.29, 0.717) is 5.92 Å². The highest BCUT2D eigenvalue weighted by Crippen LogP contribution is 2.55. The summed E-state index contributed by atoms with van der Waals surface area (Å²) >= 11 is 1.89. The van der Waals surface area contributed by atoms with Gasteiger partial charge in [-0.25, -0.2) is 0 Å². The fraction of sp³-hybridized carbons (Fsp3) is 0.273. The summed E-state index contributed by atoms with van der Waals surface area (Å²) in [4.78, 5) is 1.44. The van der Waals surface area contributed by atoms with Gasteiger partial charge in [-0.1, -0.05) is 110 Å². The minimum atomic E-state index is 0.128. The molecule has 7 aliphatic rings. The van der Waals surface area contributed by atoms with Gasteiger partial charge >= 0.3 is 0 Å². The first-order chi connectivity index (χ1) is 23.2. The van der Waals surface area contributed by atoms with Gasteiger partial charge in [-0.3, -0.25) is 0 Å². The van der Waals surface area contributed by atoms with Gasteiger partial charge in [0, 0.05) is 33.2 Å². The zero-order chi connectivity index (χ0) is 31.3. The van der Waals surface area contributed by atoms with Gasteiger partial charge in [0.25, 0.3) is 0 Å². The van der Waals surface area contributed by atoms with Crippen LogP contribution in [0.4, 0.5) is 0 Å². The van der Waals surface area contributed by atoms with E-state index >= 15 is 0 Å². The number of dihydropyridines is 1. The Labute approximate surface area is 283 Å². The molecule has 0 saturated heterocycles. The molecule has 3 unspecified atom stereocenters. The van der Waals surface area contributed by atoms with Gasteiger partial charge in [0.1, 0.15) is 5.76 Å². The molecule has 3 atom stereocenters. The number of hydrogen-bond acceptors (Lipinski definition) is 3. The quantitative estimate of drug-likeness (QED) is 0.362. The van der Waals surface area contributed by atoms with Crippen molar-refractivity contribution in [3.8, 4) is 5.06 Å². The van der Waals surface area contributed by atoms with Gasteiger partial charge in [-0.2, -0.15) is 0 Å². The third-order valence-electron chi connectivity index (χ3n) is 10.7. The molecule has 5 aliphatic carbocycles. The van der Waals surface area contributed by atoms with E-state index in [4.69, 9.17) is 4.74 Å².